The smallest absolute Gasteiger partial charge is 0.330 e. The maximum Gasteiger partial charge on any atom is 0.330 e. The highest BCUT2D eigenvalue weighted by atomic mass is 16.5. The Morgan fingerprint density at radius 1 is 1.41 bits per heavy atom. The normalized spacial score (nSPS) is 14.3. The van der Waals surface area contributed by atoms with Crippen LogP contribution in [-0.4, -0.2) is 36.3 Å². The lowest BCUT2D eigenvalue weighted by Crippen LogP contribution is -2.34. The van der Waals surface area contributed by atoms with E-state index in [0.717, 1.165) is 17.7 Å². The highest BCUT2D eigenvalue weighted by Gasteiger charge is 2.24. The Morgan fingerprint density at radius 2 is 2.18 bits per heavy atom. The number of nitrogens with one attached hydrogen (secondary N) is 1. The van der Waals surface area contributed by atoms with Crippen LogP contribution in [0.15, 0.2) is 18.2 Å². The molecule has 0 spiro atoms. The topological polar surface area (TPSA) is 84.9 Å². The lowest BCUT2D eigenvalue weighted by molar-refractivity contribution is -0.142. The van der Waals surface area contributed by atoms with E-state index in [1.165, 1.54) is 0 Å². The van der Waals surface area contributed by atoms with Crippen LogP contribution < -0.4 is 10.1 Å². The van der Waals surface area contributed by atoms with E-state index in [1.54, 1.807) is 18.2 Å². The highest BCUT2D eigenvalue weighted by Crippen LogP contribution is 2.28. The molecule has 6 heteroatoms. The third-order valence-corrected chi connectivity index (χ3v) is 3.38. The van der Waals surface area contributed by atoms with E-state index in [0.29, 0.717) is 12.2 Å². The number of ether oxygens (including phenoxy) is 2. The van der Waals surface area contributed by atoms with Crippen molar-refractivity contribution < 1.29 is 24.2 Å². The van der Waals surface area contributed by atoms with Crippen LogP contribution in [0.5, 0.6) is 5.75 Å². The van der Waals surface area contributed by atoms with Crippen molar-refractivity contribution in [1.29, 1.82) is 0 Å². The predicted molar refractivity (Wildman–Crippen MR) is 79.9 cm³/mol. The third kappa shape index (κ3) is 4.21. The second kappa shape index (κ2) is 7.26. The number of amides is 1. The summed E-state index contributed by atoms with van der Waals surface area (Å²) in [5.41, 5.74) is 1.52. The van der Waals surface area contributed by atoms with E-state index in [4.69, 9.17) is 9.47 Å². The van der Waals surface area contributed by atoms with Crippen molar-refractivity contribution in [2.24, 2.45) is 0 Å². The predicted octanol–water partition coefficient (Wildman–Crippen LogP) is 1.68. The van der Waals surface area contributed by atoms with Crippen LogP contribution >= 0.6 is 0 Å². The fraction of sp³-hybridized carbons (Fsp3) is 0.500. The number of hydrogen-bond donors (Lipinski definition) is 2. The summed E-state index contributed by atoms with van der Waals surface area (Å²) in [7, 11) is 0. The summed E-state index contributed by atoms with van der Waals surface area (Å²) in [6.07, 6.45) is 0.932. The lowest BCUT2D eigenvalue weighted by atomic mass is 10.0. The molecule has 0 saturated carbocycles. The molecule has 1 aromatic rings. The minimum atomic E-state index is -1.09. The Balaban J connectivity index is 2.01. The zero-order valence-corrected chi connectivity index (χ0v) is 12.8. The second-order valence-electron chi connectivity index (χ2n) is 5.47. The fourth-order valence-corrected chi connectivity index (χ4v) is 2.29. The first-order valence-electron chi connectivity index (χ1n) is 7.36. The number of benzene rings is 1. The van der Waals surface area contributed by atoms with Crippen LogP contribution in [0.3, 0.4) is 0 Å². The van der Waals surface area contributed by atoms with Gasteiger partial charge in [-0.2, -0.15) is 0 Å². The summed E-state index contributed by atoms with van der Waals surface area (Å²) in [4.78, 5) is 23.3. The Labute approximate surface area is 129 Å². The van der Waals surface area contributed by atoms with Gasteiger partial charge in [-0.1, -0.05) is 6.07 Å². The average molecular weight is 307 g/mol. The summed E-state index contributed by atoms with van der Waals surface area (Å²) in [5, 5.41) is 11.9. The van der Waals surface area contributed by atoms with Crippen molar-refractivity contribution in [1.82, 2.24) is 5.32 Å². The molecular formula is C16H21NO5. The number of fused-ring (bicyclic) bond motifs is 1. The number of rotatable bonds is 7. The molecule has 0 saturated heterocycles. The molecule has 22 heavy (non-hydrogen) atoms. The largest absolute Gasteiger partial charge is 0.493 e. The van der Waals surface area contributed by atoms with Crippen LogP contribution in [0.4, 0.5) is 0 Å². The molecule has 0 radical (unpaired) electrons. The van der Waals surface area contributed by atoms with E-state index in [9.17, 15) is 14.7 Å². The lowest BCUT2D eigenvalue weighted by Gasteiger charge is -2.16. The summed E-state index contributed by atoms with van der Waals surface area (Å²) >= 11 is 0. The quantitative estimate of drug-likeness (QED) is 0.800. The van der Waals surface area contributed by atoms with Crippen LogP contribution in [0.2, 0.25) is 0 Å². The van der Waals surface area contributed by atoms with Crippen molar-refractivity contribution in [3.63, 3.8) is 0 Å². The molecule has 1 aliphatic heterocycles. The molecule has 1 amide bonds. The summed E-state index contributed by atoms with van der Waals surface area (Å²) in [6, 6.07) is 4.15. The van der Waals surface area contributed by atoms with Gasteiger partial charge in [0.15, 0.2) is 6.04 Å². The first-order valence-corrected chi connectivity index (χ1v) is 7.36. The summed E-state index contributed by atoms with van der Waals surface area (Å²) < 4.78 is 10.7. The standard InChI is InChI=1S/C16H21NO5/c1-10(2)21-8-6-14(18)17-15(16(19)20)12-3-4-13-11(9-12)5-7-22-13/h3-4,9-10,15H,5-8H2,1-2H3,(H,17,18)(H,19,20). The van der Waals surface area contributed by atoms with Gasteiger partial charge in [0.1, 0.15) is 5.75 Å². The Kier molecular flexibility index (Phi) is 5.38. The van der Waals surface area contributed by atoms with Crippen LogP contribution in [0.1, 0.15) is 37.4 Å². The maximum atomic E-state index is 11.9. The SMILES string of the molecule is CC(C)OCCC(=O)NC(C(=O)O)c1ccc2c(c1)CCO2. The molecule has 2 rings (SSSR count). The molecule has 6 nitrogen and oxygen atoms in total. The van der Waals surface area contributed by atoms with E-state index < -0.39 is 12.0 Å². The minimum absolute atomic E-state index is 0.0415. The number of carbonyl (C=O) groups excluding carboxylic acids is 1. The Bertz CT molecular complexity index is 555. The molecule has 2 N–H and O–H groups in total. The van der Waals surface area contributed by atoms with E-state index in [-0.39, 0.29) is 25.0 Å². The first kappa shape index (κ1) is 16.3. The number of carbonyl (C=O) groups is 2. The molecule has 0 bridgehead atoms. The fourth-order valence-electron chi connectivity index (χ4n) is 2.29. The van der Waals surface area contributed by atoms with Gasteiger partial charge >= 0.3 is 5.97 Å². The first-order chi connectivity index (χ1) is 10.5. The van der Waals surface area contributed by atoms with Crippen molar-refractivity contribution in [3.05, 3.63) is 29.3 Å². The van der Waals surface area contributed by atoms with Crippen LogP contribution in [0, 0.1) is 0 Å². The monoisotopic (exact) mass is 307 g/mol. The molecule has 1 unspecified atom stereocenters. The van der Waals surface area contributed by atoms with Gasteiger partial charge in [0.2, 0.25) is 5.91 Å². The van der Waals surface area contributed by atoms with Gasteiger partial charge in [-0.3, -0.25) is 4.79 Å². The molecule has 1 atom stereocenters. The zero-order chi connectivity index (χ0) is 16.1. The molecule has 0 aromatic heterocycles. The van der Waals surface area contributed by atoms with Crippen molar-refractivity contribution in [2.75, 3.05) is 13.2 Å². The second-order valence-corrected chi connectivity index (χ2v) is 5.47. The van der Waals surface area contributed by atoms with Gasteiger partial charge in [-0.15, -0.1) is 0 Å². The van der Waals surface area contributed by atoms with Gasteiger partial charge < -0.3 is 19.9 Å². The molecule has 1 heterocycles. The molecule has 1 aliphatic rings. The van der Waals surface area contributed by atoms with Crippen molar-refractivity contribution in [3.8, 4) is 5.75 Å². The zero-order valence-electron chi connectivity index (χ0n) is 12.8. The van der Waals surface area contributed by atoms with E-state index in [1.807, 2.05) is 13.8 Å². The number of carboxylic acids is 1. The van der Waals surface area contributed by atoms with Gasteiger partial charge in [0.05, 0.1) is 25.7 Å². The highest BCUT2D eigenvalue weighted by molar-refractivity contribution is 5.84. The van der Waals surface area contributed by atoms with Gasteiger partial charge in [-0.25, -0.2) is 4.79 Å². The van der Waals surface area contributed by atoms with Crippen LogP contribution in [0.25, 0.3) is 0 Å². The van der Waals surface area contributed by atoms with Gasteiger partial charge in [0, 0.05) is 6.42 Å². The number of aliphatic carboxylic acids is 1. The average Bonchev–Trinajstić information content (AvgIpc) is 2.91. The molecular weight excluding hydrogens is 286 g/mol. The molecule has 0 fully saturated rings. The third-order valence-electron chi connectivity index (χ3n) is 3.38. The molecule has 120 valence electrons. The Morgan fingerprint density at radius 3 is 2.86 bits per heavy atom. The van der Waals surface area contributed by atoms with Crippen molar-refractivity contribution >= 4 is 11.9 Å². The molecule has 1 aromatic carbocycles. The van der Waals surface area contributed by atoms with Crippen LogP contribution in [-0.2, 0) is 20.7 Å². The summed E-state index contributed by atoms with van der Waals surface area (Å²) in [5.74, 6) is -0.647. The van der Waals surface area contributed by atoms with Gasteiger partial charge in [0.25, 0.3) is 0 Å². The maximum absolute atomic E-state index is 11.9. The number of carboxylic acid groups (broad SMARTS) is 1. The summed E-state index contributed by atoms with van der Waals surface area (Å²) in [6.45, 7) is 4.64. The minimum Gasteiger partial charge on any atom is -0.493 e. The van der Waals surface area contributed by atoms with Crippen molar-refractivity contribution in [2.45, 2.75) is 38.8 Å². The number of hydrogen-bond acceptors (Lipinski definition) is 4. The molecule has 0 aliphatic carbocycles. The van der Waals surface area contributed by atoms with Gasteiger partial charge in [-0.05, 0) is 37.1 Å². The van der Waals surface area contributed by atoms with E-state index in [2.05, 4.69) is 5.32 Å². The Hall–Kier alpha value is -2.08. The van der Waals surface area contributed by atoms with E-state index >= 15 is 0 Å².